The van der Waals surface area contributed by atoms with E-state index in [1.807, 2.05) is 13.8 Å². The van der Waals surface area contributed by atoms with Gasteiger partial charge in [-0.05, 0) is 68.9 Å². The van der Waals surface area contributed by atoms with Gasteiger partial charge in [0.15, 0.2) is 0 Å². The molecule has 106 valence electrons. The third-order valence-electron chi connectivity index (χ3n) is 5.09. The lowest BCUT2D eigenvalue weighted by Gasteiger charge is -2.40. The molecule has 1 aromatic rings. The molecular weight excluding hydrogens is 254 g/mol. The molecule has 4 nitrogen and oxygen atoms in total. The van der Waals surface area contributed by atoms with E-state index in [9.17, 15) is 9.59 Å². The molecule has 0 radical (unpaired) electrons. The summed E-state index contributed by atoms with van der Waals surface area (Å²) in [6.45, 7) is 10.7. The quantitative estimate of drug-likeness (QED) is 0.537. The Kier molecular flexibility index (Phi) is 2.53. The molecule has 2 heterocycles. The van der Waals surface area contributed by atoms with Gasteiger partial charge in [-0.2, -0.15) is 0 Å². The van der Waals surface area contributed by atoms with E-state index in [4.69, 9.17) is 4.74 Å². The van der Waals surface area contributed by atoms with Crippen LogP contribution in [-0.2, 0) is 26.5 Å². The highest BCUT2D eigenvalue weighted by Gasteiger charge is 2.54. The molecule has 0 spiro atoms. The van der Waals surface area contributed by atoms with E-state index in [1.165, 1.54) is 22.3 Å². The zero-order valence-electron chi connectivity index (χ0n) is 12.6. The van der Waals surface area contributed by atoms with Crippen LogP contribution in [0.5, 0.6) is 0 Å². The van der Waals surface area contributed by atoms with E-state index in [0.717, 1.165) is 17.5 Å². The highest BCUT2D eigenvalue weighted by atomic mass is 16.6. The molecule has 2 aliphatic rings. The Hall–Kier alpha value is -1.84. The summed E-state index contributed by atoms with van der Waals surface area (Å²) in [4.78, 5) is 25.2. The second-order valence-corrected chi connectivity index (χ2v) is 5.93. The van der Waals surface area contributed by atoms with E-state index >= 15 is 0 Å². The fourth-order valence-electron chi connectivity index (χ4n) is 3.64. The number of rotatable bonds is 0. The Morgan fingerprint density at radius 1 is 1.00 bits per heavy atom. The van der Waals surface area contributed by atoms with Gasteiger partial charge in [0.05, 0.1) is 0 Å². The van der Waals surface area contributed by atoms with Crippen molar-refractivity contribution in [2.45, 2.75) is 46.8 Å². The van der Waals surface area contributed by atoms with Crippen LogP contribution in [0.4, 0.5) is 0 Å². The Morgan fingerprint density at radius 2 is 1.60 bits per heavy atom. The monoisotopic (exact) mass is 273 g/mol. The van der Waals surface area contributed by atoms with Crippen molar-refractivity contribution in [2.24, 2.45) is 0 Å². The predicted octanol–water partition coefficient (Wildman–Crippen LogP) is 2.03. The maximum atomic E-state index is 12.0. The van der Waals surface area contributed by atoms with Crippen molar-refractivity contribution in [3.63, 3.8) is 0 Å². The van der Waals surface area contributed by atoms with Gasteiger partial charge in [0.2, 0.25) is 5.72 Å². The molecule has 0 N–H and O–H groups in total. The number of ether oxygens (including phenoxy) is 1. The van der Waals surface area contributed by atoms with E-state index < -0.39 is 17.6 Å². The molecule has 0 aromatic heterocycles. The summed E-state index contributed by atoms with van der Waals surface area (Å²) in [5.74, 6) is -1.26. The number of benzene rings is 1. The highest BCUT2D eigenvalue weighted by molar-refractivity contribution is 6.34. The second-order valence-electron chi connectivity index (χ2n) is 5.93. The number of amides is 1. The molecule has 1 unspecified atom stereocenters. The first-order chi connectivity index (χ1) is 9.29. The largest absolute Gasteiger partial charge is 0.428 e. The third-order valence-corrected chi connectivity index (χ3v) is 5.09. The van der Waals surface area contributed by atoms with Crippen molar-refractivity contribution in [1.29, 1.82) is 0 Å². The van der Waals surface area contributed by atoms with Crippen molar-refractivity contribution in [2.75, 3.05) is 6.54 Å². The first-order valence-electron chi connectivity index (χ1n) is 6.93. The molecule has 0 saturated carbocycles. The average Bonchev–Trinajstić information content (AvgIpc) is 2.63. The van der Waals surface area contributed by atoms with Gasteiger partial charge in [0.25, 0.3) is 0 Å². The van der Waals surface area contributed by atoms with Gasteiger partial charge < -0.3 is 4.74 Å². The van der Waals surface area contributed by atoms with Gasteiger partial charge in [-0.3, -0.25) is 9.69 Å². The van der Waals surface area contributed by atoms with E-state index in [-0.39, 0.29) is 0 Å². The molecule has 2 aliphatic heterocycles. The van der Waals surface area contributed by atoms with Crippen LogP contribution in [-0.4, -0.2) is 23.3 Å². The zero-order valence-corrected chi connectivity index (χ0v) is 12.6. The molecule has 1 fully saturated rings. The Balaban J connectivity index is 2.33. The summed E-state index contributed by atoms with van der Waals surface area (Å²) >= 11 is 0. The summed E-state index contributed by atoms with van der Waals surface area (Å²) in [7, 11) is 0. The van der Waals surface area contributed by atoms with Gasteiger partial charge in [-0.25, -0.2) is 4.79 Å². The number of carbonyl (C=O) groups is 2. The van der Waals surface area contributed by atoms with E-state index in [1.54, 1.807) is 4.90 Å². The average molecular weight is 273 g/mol. The van der Waals surface area contributed by atoms with Crippen molar-refractivity contribution >= 4 is 11.9 Å². The molecule has 0 bridgehead atoms. The smallest absolute Gasteiger partial charge is 0.399 e. The minimum Gasteiger partial charge on any atom is -0.428 e. The van der Waals surface area contributed by atoms with Crippen molar-refractivity contribution < 1.29 is 14.3 Å². The summed E-state index contributed by atoms with van der Waals surface area (Å²) in [5.41, 5.74) is 6.16. The van der Waals surface area contributed by atoms with Crippen LogP contribution >= 0.6 is 0 Å². The van der Waals surface area contributed by atoms with Gasteiger partial charge in [-0.1, -0.05) is 0 Å². The molecule has 1 atom stereocenters. The zero-order chi connectivity index (χ0) is 14.8. The second kappa shape index (κ2) is 3.84. The highest BCUT2D eigenvalue weighted by Crippen LogP contribution is 2.44. The van der Waals surface area contributed by atoms with Crippen LogP contribution in [0.15, 0.2) is 0 Å². The van der Waals surface area contributed by atoms with Gasteiger partial charge in [0, 0.05) is 12.1 Å². The van der Waals surface area contributed by atoms with Crippen LogP contribution < -0.4 is 0 Å². The van der Waals surface area contributed by atoms with Crippen LogP contribution in [0, 0.1) is 27.7 Å². The van der Waals surface area contributed by atoms with E-state index in [0.29, 0.717) is 6.54 Å². The van der Waals surface area contributed by atoms with Gasteiger partial charge >= 0.3 is 11.9 Å². The number of esters is 1. The maximum absolute atomic E-state index is 12.0. The minimum absolute atomic E-state index is 0.520. The Morgan fingerprint density at radius 3 is 2.25 bits per heavy atom. The van der Waals surface area contributed by atoms with Crippen molar-refractivity contribution in [3.05, 3.63) is 33.4 Å². The molecule has 1 aromatic carbocycles. The van der Waals surface area contributed by atoms with Crippen LogP contribution in [0.25, 0.3) is 0 Å². The molecule has 1 saturated heterocycles. The maximum Gasteiger partial charge on any atom is 0.399 e. The molecule has 0 aliphatic carbocycles. The first kappa shape index (κ1) is 13.2. The molecule has 3 rings (SSSR count). The normalized spacial score (nSPS) is 24.6. The topological polar surface area (TPSA) is 46.6 Å². The number of carbonyl (C=O) groups excluding carboxylic acids is 2. The Labute approximate surface area is 118 Å². The Bertz CT molecular complexity index is 662. The lowest BCUT2D eigenvalue weighted by molar-refractivity contribution is -0.154. The molecule has 4 heteroatoms. The molecule has 1 amide bonds. The number of fused-ring (bicyclic) bond motifs is 3. The summed E-state index contributed by atoms with van der Waals surface area (Å²) < 4.78 is 5.46. The van der Waals surface area contributed by atoms with E-state index in [2.05, 4.69) is 20.8 Å². The SMILES string of the molecule is Cc1c(C)c(C)c2c(c1C)CCN1C(=O)C(=O)OC21C. The summed E-state index contributed by atoms with van der Waals surface area (Å²) in [6, 6.07) is 0. The molecular formula is C16H19NO3. The van der Waals surface area contributed by atoms with Crippen molar-refractivity contribution in [3.8, 4) is 0 Å². The first-order valence-corrected chi connectivity index (χ1v) is 6.93. The van der Waals surface area contributed by atoms with Crippen LogP contribution in [0.1, 0.15) is 40.3 Å². The fourth-order valence-corrected chi connectivity index (χ4v) is 3.64. The van der Waals surface area contributed by atoms with Crippen LogP contribution in [0.2, 0.25) is 0 Å². The number of hydrogen-bond donors (Lipinski definition) is 0. The fraction of sp³-hybridized carbons (Fsp3) is 0.500. The lowest BCUT2D eigenvalue weighted by Crippen LogP contribution is -2.47. The number of nitrogens with zero attached hydrogens (tertiary/aromatic N) is 1. The van der Waals surface area contributed by atoms with Crippen LogP contribution in [0.3, 0.4) is 0 Å². The van der Waals surface area contributed by atoms with Gasteiger partial charge in [0.1, 0.15) is 0 Å². The number of hydrogen-bond acceptors (Lipinski definition) is 3. The summed E-state index contributed by atoms with van der Waals surface area (Å²) in [6.07, 6.45) is 0.779. The predicted molar refractivity (Wildman–Crippen MR) is 74.3 cm³/mol. The lowest BCUT2D eigenvalue weighted by atomic mass is 9.80. The standard InChI is InChI=1S/C16H19NO3/c1-8-9(2)11(4)13-12(10(8)3)6-7-17-14(18)15(19)20-16(13,17)5/h6-7H2,1-5H3. The minimum atomic E-state index is -0.935. The molecule has 20 heavy (non-hydrogen) atoms. The summed E-state index contributed by atoms with van der Waals surface area (Å²) in [5, 5.41) is 0. The van der Waals surface area contributed by atoms with Crippen molar-refractivity contribution in [1.82, 2.24) is 4.90 Å². The third kappa shape index (κ3) is 1.37. The van der Waals surface area contributed by atoms with Gasteiger partial charge in [-0.15, -0.1) is 0 Å².